The number of benzene rings is 3. The van der Waals surface area contributed by atoms with Crippen molar-refractivity contribution in [3.05, 3.63) is 179 Å². The van der Waals surface area contributed by atoms with Crippen molar-refractivity contribution < 1.29 is 28.8 Å². The number of hydrogen-bond donors (Lipinski definition) is 5. The Morgan fingerprint density at radius 3 is 1.69 bits per heavy atom. The van der Waals surface area contributed by atoms with Gasteiger partial charge in [-0.2, -0.15) is 0 Å². The number of nitro benzene ring substituents is 1. The molecule has 2 saturated heterocycles. The maximum Gasteiger partial charge on any atom is 0.389 e. The van der Waals surface area contributed by atoms with E-state index < -0.39 is 10.9 Å². The van der Waals surface area contributed by atoms with Crippen LogP contribution in [0.15, 0.2) is 146 Å². The summed E-state index contributed by atoms with van der Waals surface area (Å²) in [6.07, 6.45) is 14.1. The average Bonchev–Trinajstić information content (AvgIpc) is 4.38. The summed E-state index contributed by atoms with van der Waals surface area (Å²) in [4.78, 5) is 86.7. The fourth-order valence-corrected chi connectivity index (χ4v) is 9.10. The molecule has 0 unspecified atom stereocenters. The number of nitrogens with zero attached hydrogens (tertiary/aromatic N) is 10. The number of hydrogen-bond acceptors (Lipinski definition) is 16. The summed E-state index contributed by atoms with van der Waals surface area (Å²) in [5.74, 6) is 12.2. The van der Waals surface area contributed by atoms with Crippen molar-refractivity contribution in [3.8, 4) is 51.9 Å². The highest BCUT2D eigenvalue weighted by atomic mass is 16.6. The number of non-ortho nitro benzene ring substituents is 1. The number of nitrogen functional groups attached to an aromatic ring is 2. The molecule has 6 aromatic heterocycles. The van der Waals surface area contributed by atoms with E-state index in [1.54, 1.807) is 97.4 Å². The monoisotopic (exact) mass is 1070 g/mol. The smallest absolute Gasteiger partial charge is 0.389 e. The number of ether oxygens (including phenoxy) is 1. The number of nitrogens with two attached hydrogens (primary N) is 2. The van der Waals surface area contributed by atoms with E-state index in [0.717, 1.165) is 60.4 Å². The molecular weight excluding hydrogens is 1020 g/mol. The van der Waals surface area contributed by atoms with Crippen molar-refractivity contribution in [1.82, 2.24) is 48.9 Å². The van der Waals surface area contributed by atoms with Crippen LogP contribution in [0.2, 0.25) is 0 Å². The standard InChI is InChI=1S/C26H23N7O2.C22H21N7O.C10H7NO4/c1-2-6-21(34)32-15-5-7-19(32)25-31-22(23-24(27)29-14-16-33(23)25)17-9-11-18(12-10-17)26(35)30-20-8-3-4-13-28-20;23-20-19-18(28-21(16-4-3-11-24-16)29(19)13-12-26-20)14-6-8-15(9-7-14)22(30)27-17-5-1-2-10-25-17;1-2-3-10(12)15-9-6-4-8(5-7-9)11(13)14/h3-4,8-14,16,19H,5,7,15H2,1H3,(H2,27,29)(H,28,30,35);1-2,5-10,12-13,16,24H,3-4,11H2,(H2,23,26)(H,25,27,30);4-7H,1H3/t19-;16-;/m00./s1. The van der Waals surface area contributed by atoms with Crippen molar-refractivity contribution in [2.45, 2.75) is 51.6 Å². The van der Waals surface area contributed by atoms with Crippen molar-refractivity contribution in [2.75, 3.05) is 35.2 Å². The number of esters is 1. The summed E-state index contributed by atoms with van der Waals surface area (Å²) >= 11 is 0. The average molecular weight is 1070 g/mol. The first-order valence-electron chi connectivity index (χ1n) is 25.2. The number of anilines is 4. The molecule has 2 aliphatic rings. The Labute approximate surface area is 457 Å². The molecule has 80 heavy (non-hydrogen) atoms. The van der Waals surface area contributed by atoms with Crippen LogP contribution >= 0.6 is 0 Å². The molecular formula is C58H51N15O7. The minimum atomic E-state index is -0.689. The quantitative estimate of drug-likeness (QED) is 0.0217. The molecule has 0 spiro atoms. The van der Waals surface area contributed by atoms with E-state index in [1.165, 1.54) is 31.2 Å². The molecule has 9 aromatic rings. The molecule has 3 aromatic carbocycles. The second-order valence-electron chi connectivity index (χ2n) is 17.9. The highest BCUT2D eigenvalue weighted by Crippen LogP contribution is 2.37. The van der Waals surface area contributed by atoms with Crippen LogP contribution in [0.4, 0.5) is 29.0 Å². The summed E-state index contributed by atoms with van der Waals surface area (Å²) in [6, 6.07) is 30.3. The number of fused-ring (bicyclic) bond motifs is 2. The topological polar surface area (TPSA) is 298 Å². The molecule has 0 radical (unpaired) electrons. The zero-order valence-electron chi connectivity index (χ0n) is 43.2. The van der Waals surface area contributed by atoms with Gasteiger partial charge >= 0.3 is 5.97 Å². The largest absolute Gasteiger partial charge is 0.417 e. The zero-order chi connectivity index (χ0) is 56.1. The lowest BCUT2D eigenvalue weighted by molar-refractivity contribution is -0.384. The van der Waals surface area contributed by atoms with Crippen LogP contribution in [0.25, 0.3) is 33.5 Å². The second kappa shape index (κ2) is 24.9. The van der Waals surface area contributed by atoms with Gasteiger partial charge < -0.3 is 37.1 Å². The minimum absolute atomic E-state index is 0.0589. The molecule has 3 amide bonds. The van der Waals surface area contributed by atoms with E-state index in [-0.39, 0.29) is 41.2 Å². The summed E-state index contributed by atoms with van der Waals surface area (Å²) < 4.78 is 8.67. The lowest BCUT2D eigenvalue weighted by Crippen LogP contribution is -2.30. The van der Waals surface area contributed by atoms with Crippen LogP contribution in [-0.4, -0.2) is 85.3 Å². The van der Waals surface area contributed by atoms with Gasteiger partial charge in [0.2, 0.25) is 0 Å². The Hall–Kier alpha value is -10.8. The first-order chi connectivity index (χ1) is 38.9. The van der Waals surface area contributed by atoms with Gasteiger partial charge in [-0.15, -0.1) is 0 Å². The Kier molecular flexibility index (Phi) is 16.8. The third-order valence-corrected chi connectivity index (χ3v) is 12.8. The zero-order valence-corrected chi connectivity index (χ0v) is 43.2. The molecule has 11 rings (SSSR count). The van der Waals surface area contributed by atoms with Gasteiger partial charge in [0.05, 0.1) is 17.0 Å². The summed E-state index contributed by atoms with van der Waals surface area (Å²) in [7, 11) is 0. The first kappa shape index (κ1) is 54.0. The number of carbonyl (C=O) groups excluding carboxylic acids is 4. The van der Waals surface area contributed by atoms with Gasteiger partial charge in [0, 0.05) is 84.0 Å². The maximum absolute atomic E-state index is 12.6. The number of nitrogens with one attached hydrogen (secondary N) is 3. The molecule has 0 bridgehead atoms. The molecule has 2 fully saturated rings. The highest BCUT2D eigenvalue weighted by molar-refractivity contribution is 6.05. The SMILES string of the molecule is CC#CC(=O)N1CCC[C@H]1c1nc(-c2ccc(C(=O)Nc3ccccn3)cc2)c2c(N)nccn12.CC#CC(=O)Oc1ccc([N+](=O)[O-])cc1.Nc1nccn2c([C@@H]3CCCN3)nc(-c3ccc(C(=O)Nc4ccccn4)cc3)c12. The fraction of sp³-hybridized carbons (Fsp3) is 0.172. The van der Waals surface area contributed by atoms with Crippen molar-refractivity contribution in [2.24, 2.45) is 0 Å². The molecule has 8 heterocycles. The minimum Gasteiger partial charge on any atom is -0.417 e. The fourth-order valence-electron chi connectivity index (χ4n) is 9.10. The highest BCUT2D eigenvalue weighted by Gasteiger charge is 2.34. The predicted octanol–water partition coefficient (Wildman–Crippen LogP) is 7.89. The number of likely N-dealkylation sites (tertiary alicyclic amines) is 1. The van der Waals surface area contributed by atoms with Crippen LogP contribution in [0.5, 0.6) is 5.75 Å². The van der Waals surface area contributed by atoms with Gasteiger partial charge in [0.1, 0.15) is 63.1 Å². The van der Waals surface area contributed by atoms with Crippen LogP contribution < -0.4 is 32.2 Å². The lowest BCUT2D eigenvalue weighted by atomic mass is 10.1. The first-order valence-corrected chi connectivity index (χ1v) is 25.2. The number of carbonyl (C=O) groups is 4. The number of rotatable bonds is 10. The molecule has 0 aliphatic carbocycles. The molecule has 2 atom stereocenters. The number of amides is 3. The Morgan fingerprint density at radius 2 is 1.20 bits per heavy atom. The van der Waals surface area contributed by atoms with Gasteiger partial charge in [0.25, 0.3) is 23.4 Å². The van der Waals surface area contributed by atoms with E-state index >= 15 is 0 Å². The summed E-state index contributed by atoms with van der Waals surface area (Å²) in [5, 5.41) is 19.4. The third-order valence-electron chi connectivity index (χ3n) is 12.8. The number of imidazole rings is 2. The van der Waals surface area contributed by atoms with E-state index in [9.17, 15) is 29.3 Å². The maximum atomic E-state index is 12.6. The molecule has 22 nitrogen and oxygen atoms in total. The van der Waals surface area contributed by atoms with Crippen molar-refractivity contribution >= 4 is 63.7 Å². The van der Waals surface area contributed by atoms with Gasteiger partial charge in [-0.05, 0) is 113 Å². The van der Waals surface area contributed by atoms with Gasteiger partial charge in [0.15, 0.2) is 0 Å². The summed E-state index contributed by atoms with van der Waals surface area (Å²) in [5.41, 5.74) is 18.0. The van der Waals surface area contributed by atoms with Gasteiger partial charge in [-0.25, -0.2) is 34.7 Å². The van der Waals surface area contributed by atoms with Crippen molar-refractivity contribution in [3.63, 3.8) is 0 Å². The van der Waals surface area contributed by atoms with Crippen LogP contribution in [0.1, 0.15) is 84.0 Å². The molecule has 400 valence electrons. The van der Waals surface area contributed by atoms with Crippen LogP contribution in [0.3, 0.4) is 0 Å². The normalized spacial score (nSPS) is 14.2. The summed E-state index contributed by atoms with van der Waals surface area (Å²) in [6.45, 7) is 4.77. The van der Waals surface area contributed by atoms with Gasteiger partial charge in [-0.3, -0.25) is 33.3 Å². The third kappa shape index (κ3) is 12.4. The molecule has 22 heteroatoms. The van der Waals surface area contributed by atoms with E-state index in [2.05, 4.69) is 59.6 Å². The number of aromatic nitrogens is 8. The van der Waals surface area contributed by atoms with E-state index in [0.29, 0.717) is 58.0 Å². The Balaban J connectivity index is 0.000000156. The van der Waals surface area contributed by atoms with Gasteiger partial charge in [-0.1, -0.05) is 48.2 Å². The Bertz CT molecular complexity index is 3860. The lowest BCUT2D eigenvalue weighted by Gasteiger charge is -2.21. The van der Waals surface area contributed by atoms with Crippen molar-refractivity contribution in [1.29, 1.82) is 0 Å². The van der Waals surface area contributed by atoms with Crippen LogP contribution in [0, 0.1) is 33.8 Å². The molecule has 7 N–H and O–H groups in total. The number of pyridine rings is 2. The number of nitro groups is 1. The predicted molar refractivity (Wildman–Crippen MR) is 299 cm³/mol. The molecule has 2 aliphatic heterocycles. The second-order valence-corrected chi connectivity index (χ2v) is 17.9. The molecule has 0 saturated carbocycles. The Morgan fingerprint density at radius 1 is 0.662 bits per heavy atom. The van der Waals surface area contributed by atoms with E-state index in [1.807, 2.05) is 45.3 Å². The van der Waals surface area contributed by atoms with Crippen LogP contribution in [-0.2, 0) is 9.59 Å². The van der Waals surface area contributed by atoms with E-state index in [4.69, 9.17) is 26.2 Å².